The number of nitrogens with zero attached hydrogens (tertiary/aromatic N) is 2. The van der Waals surface area contributed by atoms with E-state index in [0.29, 0.717) is 6.04 Å². The van der Waals surface area contributed by atoms with Gasteiger partial charge < -0.3 is 5.32 Å². The summed E-state index contributed by atoms with van der Waals surface area (Å²) in [6.07, 6.45) is 2.02. The van der Waals surface area contributed by atoms with E-state index in [0.717, 1.165) is 24.2 Å². The van der Waals surface area contributed by atoms with Crippen LogP contribution in [0.1, 0.15) is 43.3 Å². The molecular formula is C11H19N3. The molecule has 1 N–H and O–H groups in total. The largest absolute Gasteiger partial charge is 0.313 e. The Morgan fingerprint density at radius 3 is 2.57 bits per heavy atom. The van der Waals surface area contributed by atoms with Gasteiger partial charge >= 0.3 is 0 Å². The maximum atomic E-state index is 4.22. The number of hydrogen-bond donors (Lipinski definition) is 1. The molecular weight excluding hydrogens is 174 g/mol. The van der Waals surface area contributed by atoms with Gasteiger partial charge in [0.25, 0.3) is 0 Å². The van der Waals surface area contributed by atoms with Crippen molar-refractivity contribution in [3.05, 3.63) is 23.0 Å². The van der Waals surface area contributed by atoms with Crippen molar-refractivity contribution in [3.63, 3.8) is 0 Å². The second-order valence-corrected chi connectivity index (χ2v) is 3.49. The maximum absolute atomic E-state index is 4.22. The minimum absolute atomic E-state index is 0.402. The van der Waals surface area contributed by atoms with E-state index in [9.17, 15) is 0 Å². The third-order valence-corrected chi connectivity index (χ3v) is 2.49. The summed E-state index contributed by atoms with van der Waals surface area (Å²) in [7, 11) is 1.99. The molecule has 0 saturated carbocycles. The first-order valence-corrected chi connectivity index (χ1v) is 5.23. The molecule has 1 heterocycles. The van der Waals surface area contributed by atoms with E-state index in [1.54, 1.807) is 0 Å². The second-order valence-electron chi connectivity index (χ2n) is 3.49. The van der Waals surface area contributed by atoms with Crippen molar-refractivity contribution in [2.75, 3.05) is 7.05 Å². The minimum Gasteiger partial charge on any atom is -0.313 e. The summed E-state index contributed by atoms with van der Waals surface area (Å²) < 4.78 is 0. The monoisotopic (exact) mass is 193 g/mol. The Kier molecular flexibility index (Phi) is 4.01. The van der Waals surface area contributed by atoms with Crippen molar-refractivity contribution in [2.24, 2.45) is 0 Å². The topological polar surface area (TPSA) is 37.8 Å². The van der Waals surface area contributed by atoms with Gasteiger partial charge in [-0.15, -0.1) is 0 Å². The summed E-state index contributed by atoms with van der Waals surface area (Å²) in [5, 5.41) is 11.6. The Morgan fingerprint density at radius 2 is 2.07 bits per heavy atom. The fourth-order valence-electron chi connectivity index (χ4n) is 1.69. The summed E-state index contributed by atoms with van der Waals surface area (Å²) in [5.74, 6) is 0. The Morgan fingerprint density at radius 1 is 1.36 bits per heavy atom. The summed E-state index contributed by atoms with van der Waals surface area (Å²) in [5.41, 5.74) is 3.40. The predicted octanol–water partition coefficient (Wildman–Crippen LogP) is 2.02. The lowest BCUT2D eigenvalue weighted by molar-refractivity contribution is 0.564. The molecule has 14 heavy (non-hydrogen) atoms. The summed E-state index contributed by atoms with van der Waals surface area (Å²) in [6.45, 7) is 6.28. The highest BCUT2D eigenvalue weighted by Crippen LogP contribution is 2.19. The van der Waals surface area contributed by atoms with Gasteiger partial charge in [-0.1, -0.05) is 13.8 Å². The Hall–Kier alpha value is -0.960. The van der Waals surface area contributed by atoms with Crippen LogP contribution in [-0.4, -0.2) is 17.2 Å². The summed E-state index contributed by atoms with van der Waals surface area (Å²) in [6, 6.07) is 2.54. The molecule has 0 amide bonds. The van der Waals surface area contributed by atoms with Crippen LogP contribution >= 0.6 is 0 Å². The summed E-state index contributed by atoms with van der Waals surface area (Å²) >= 11 is 0. The molecule has 1 unspecified atom stereocenters. The standard InChI is InChI=1S/C11H19N3/c1-5-10(12-4)9-7-8(3)13-14-11(9)6-2/h7,10,12H,5-6H2,1-4H3. The molecule has 78 valence electrons. The fraction of sp³-hybridized carbons (Fsp3) is 0.636. The SMILES string of the molecule is CCc1nnc(C)cc1C(CC)NC. The third kappa shape index (κ3) is 2.29. The van der Waals surface area contributed by atoms with Crippen LogP contribution in [0.15, 0.2) is 6.07 Å². The van der Waals surface area contributed by atoms with E-state index < -0.39 is 0 Å². The van der Waals surface area contributed by atoms with E-state index in [4.69, 9.17) is 0 Å². The minimum atomic E-state index is 0.402. The smallest absolute Gasteiger partial charge is 0.0676 e. The van der Waals surface area contributed by atoms with Gasteiger partial charge in [-0.3, -0.25) is 0 Å². The van der Waals surface area contributed by atoms with Crippen molar-refractivity contribution in [3.8, 4) is 0 Å². The highest BCUT2D eigenvalue weighted by atomic mass is 15.1. The van der Waals surface area contributed by atoms with Crippen LogP contribution in [0.25, 0.3) is 0 Å². The molecule has 0 saturated heterocycles. The molecule has 0 aliphatic rings. The van der Waals surface area contributed by atoms with Gasteiger partial charge in [-0.25, -0.2) is 0 Å². The van der Waals surface area contributed by atoms with Gasteiger partial charge in [-0.05, 0) is 38.4 Å². The van der Waals surface area contributed by atoms with Crippen LogP contribution in [0.5, 0.6) is 0 Å². The molecule has 0 radical (unpaired) electrons. The van der Waals surface area contributed by atoms with E-state index >= 15 is 0 Å². The maximum Gasteiger partial charge on any atom is 0.0676 e. The zero-order valence-electron chi connectivity index (χ0n) is 9.46. The van der Waals surface area contributed by atoms with Crippen molar-refractivity contribution in [2.45, 2.75) is 39.7 Å². The van der Waals surface area contributed by atoms with E-state index in [1.807, 2.05) is 14.0 Å². The van der Waals surface area contributed by atoms with Crippen LogP contribution in [0.4, 0.5) is 0 Å². The molecule has 0 aliphatic heterocycles. The van der Waals surface area contributed by atoms with Crippen molar-refractivity contribution >= 4 is 0 Å². The van der Waals surface area contributed by atoms with Gasteiger partial charge in [0.2, 0.25) is 0 Å². The Balaban J connectivity index is 3.08. The average Bonchev–Trinajstić information content (AvgIpc) is 2.20. The van der Waals surface area contributed by atoms with Crippen LogP contribution < -0.4 is 5.32 Å². The van der Waals surface area contributed by atoms with E-state index in [2.05, 4.69) is 35.4 Å². The molecule has 0 spiro atoms. The normalized spacial score (nSPS) is 12.9. The van der Waals surface area contributed by atoms with Gasteiger partial charge in [0.15, 0.2) is 0 Å². The highest BCUT2D eigenvalue weighted by molar-refractivity contribution is 5.24. The number of aryl methyl sites for hydroxylation is 2. The van der Waals surface area contributed by atoms with Crippen LogP contribution in [0.3, 0.4) is 0 Å². The third-order valence-electron chi connectivity index (χ3n) is 2.49. The second kappa shape index (κ2) is 5.05. The van der Waals surface area contributed by atoms with E-state index in [-0.39, 0.29) is 0 Å². The molecule has 0 bridgehead atoms. The molecule has 0 aromatic carbocycles. The van der Waals surface area contributed by atoms with Gasteiger partial charge in [0, 0.05) is 6.04 Å². The first-order valence-electron chi connectivity index (χ1n) is 5.23. The van der Waals surface area contributed by atoms with Crippen molar-refractivity contribution in [1.29, 1.82) is 0 Å². The number of hydrogen-bond acceptors (Lipinski definition) is 3. The molecule has 1 atom stereocenters. The van der Waals surface area contributed by atoms with Crippen LogP contribution in [0.2, 0.25) is 0 Å². The van der Waals surface area contributed by atoms with Gasteiger partial charge in [0.05, 0.1) is 11.4 Å². The quantitative estimate of drug-likeness (QED) is 0.795. The molecule has 1 rings (SSSR count). The lowest BCUT2D eigenvalue weighted by Gasteiger charge is -2.17. The molecule has 1 aromatic rings. The number of rotatable bonds is 4. The first kappa shape index (κ1) is 11.1. The van der Waals surface area contributed by atoms with Crippen molar-refractivity contribution < 1.29 is 0 Å². The lowest BCUT2D eigenvalue weighted by Crippen LogP contribution is -2.18. The molecule has 0 fully saturated rings. The first-order chi connectivity index (χ1) is 6.72. The summed E-state index contributed by atoms with van der Waals surface area (Å²) in [4.78, 5) is 0. The highest BCUT2D eigenvalue weighted by Gasteiger charge is 2.12. The molecule has 3 heteroatoms. The van der Waals surface area contributed by atoms with Crippen LogP contribution in [0, 0.1) is 6.92 Å². The lowest BCUT2D eigenvalue weighted by atomic mass is 10.0. The van der Waals surface area contributed by atoms with Gasteiger partial charge in [-0.2, -0.15) is 10.2 Å². The predicted molar refractivity (Wildman–Crippen MR) is 58.2 cm³/mol. The molecule has 0 aliphatic carbocycles. The van der Waals surface area contributed by atoms with Gasteiger partial charge in [0.1, 0.15) is 0 Å². The van der Waals surface area contributed by atoms with E-state index in [1.165, 1.54) is 5.56 Å². The van der Waals surface area contributed by atoms with Crippen molar-refractivity contribution in [1.82, 2.24) is 15.5 Å². The average molecular weight is 193 g/mol. The fourth-order valence-corrected chi connectivity index (χ4v) is 1.69. The number of nitrogens with one attached hydrogen (secondary N) is 1. The molecule has 3 nitrogen and oxygen atoms in total. The zero-order valence-corrected chi connectivity index (χ0v) is 9.46. The Bertz CT molecular complexity index is 293. The molecule has 1 aromatic heterocycles. The number of aromatic nitrogens is 2. The zero-order chi connectivity index (χ0) is 10.6. The Labute approximate surface area is 85.9 Å². The van der Waals surface area contributed by atoms with Crippen LogP contribution in [-0.2, 0) is 6.42 Å².